The highest BCUT2D eigenvalue weighted by Gasteiger charge is 2.23. The van der Waals surface area contributed by atoms with Crippen molar-refractivity contribution in [2.45, 2.75) is 18.7 Å². The van der Waals surface area contributed by atoms with E-state index in [1.54, 1.807) is 24.7 Å². The molecule has 8 nitrogen and oxygen atoms in total. The molecular weight excluding hydrogens is 340 g/mol. The lowest BCUT2D eigenvalue weighted by atomic mass is 10.3. The first kappa shape index (κ1) is 17.0. The molecule has 130 valence electrons. The molecule has 9 heteroatoms. The molecule has 0 amide bonds. The molecule has 0 spiro atoms. The van der Waals surface area contributed by atoms with Crippen molar-refractivity contribution >= 4 is 33.0 Å². The zero-order valence-electron chi connectivity index (χ0n) is 14.1. The van der Waals surface area contributed by atoms with Crippen molar-refractivity contribution in [1.29, 1.82) is 0 Å². The summed E-state index contributed by atoms with van der Waals surface area (Å²) in [6, 6.07) is 3.36. The molecule has 0 aliphatic heterocycles. The Balaban J connectivity index is 2.32. The Morgan fingerprint density at radius 2 is 2.04 bits per heavy atom. The molecule has 3 rings (SSSR count). The normalized spacial score (nSPS) is 12.3. The largest absolute Gasteiger partial charge is 0.390 e. The van der Waals surface area contributed by atoms with Crippen molar-refractivity contribution in [3.05, 3.63) is 30.1 Å². The fraction of sp³-hybridized carbons (Fsp3) is 0.250. The molecule has 3 aromatic rings. The number of aromatic nitrogens is 4. The second kappa shape index (κ2) is 6.25. The van der Waals surface area contributed by atoms with Gasteiger partial charge in [0, 0.05) is 13.2 Å². The van der Waals surface area contributed by atoms with Gasteiger partial charge in [0.05, 0.1) is 28.9 Å². The van der Waals surface area contributed by atoms with Crippen LogP contribution in [-0.2, 0) is 16.9 Å². The SMILES string of the molecule is CCS(=O)(=O)c1cc(/N=C/N)cnc1-c1nc2cc(C)cnc2n1C. The van der Waals surface area contributed by atoms with Gasteiger partial charge >= 0.3 is 0 Å². The molecule has 0 saturated heterocycles. The number of imidazole rings is 1. The first-order chi connectivity index (χ1) is 11.9. The topological polar surface area (TPSA) is 116 Å². The summed E-state index contributed by atoms with van der Waals surface area (Å²) in [6.07, 6.45) is 4.30. The van der Waals surface area contributed by atoms with Gasteiger partial charge in [0.1, 0.15) is 11.2 Å². The number of pyridine rings is 2. The molecule has 0 aliphatic carbocycles. The van der Waals surface area contributed by atoms with E-state index in [0.717, 1.165) is 11.9 Å². The molecule has 3 aromatic heterocycles. The molecule has 0 fully saturated rings. The Kier molecular flexibility index (Phi) is 4.25. The van der Waals surface area contributed by atoms with Crippen LogP contribution < -0.4 is 5.73 Å². The van der Waals surface area contributed by atoms with Crippen LogP contribution in [0.15, 0.2) is 34.4 Å². The third kappa shape index (κ3) is 2.98. The van der Waals surface area contributed by atoms with Gasteiger partial charge in [-0.25, -0.2) is 28.4 Å². The second-order valence-corrected chi connectivity index (χ2v) is 7.82. The highest BCUT2D eigenvalue weighted by molar-refractivity contribution is 7.91. The van der Waals surface area contributed by atoms with Crippen molar-refractivity contribution in [3.8, 4) is 11.5 Å². The minimum absolute atomic E-state index is 0.0568. The number of fused-ring (bicyclic) bond motifs is 1. The number of rotatable bonds is 4. The van der Waals surface area contributed by atoms with Crippen molar-refractivity contribution in [2.24, 2.45) is 17.8 Å². The maximum absolute atomic E-state index is 12.6. The molecule has 0 bridgehead atoms. The van der Waals surface area contributed by atoms with Crippen LogP contribution in [0.3, 0.4) is 0 Å². The quantitative estimate of drug-likeness (QED) is 0.561. The highest BCUT2D eigenvalue weighted by Crippen LogP contribution is 2.30. The van der Waals surface area contributed by atoms with Crippen molar-refractivity contribution < 1.29 is 8.42 Å². The zero-order chi connectivity index (χ0) is 18.2. The lowest BCUT2D eigenvalue weighted by Crippen LogP contribution is -2.08. The fourth-order valence-corrected chi connectivity index (χ4v) is 3.59. The average Bonchev–Trinajstić information content (AvgIpc) is 2.91. The summed E-state index contributed by atoms with van der Waals surface area (Å²) in [7, 11) is -1.75. The second-order valence-electron chi connectivity index (χ2n) is 5.57. The molecule has 0 radical (unpaired) electrons. The van der Waals surface area contributed by atoms with Crippen LogP contribution in [0, 0.1) is 6.92 Å². The number of hydrogen-bond donors (Lipinski definition) is 1. The van der Waals surface area contributed by atoms with E-state index < -0.39 is 9.84 Å². The van der Waals surface area contributed by atoms with E-state index in [-0.39, 0.29) is 16.3 Å². The predicted octanol–water partition coefficient (Wildman–Crippen LogP) is 1.75. The van der Waals surface area contributed by atoms with Crippen LogP contribution in [0.5, 0.6) is 0 Å². The maximum atomic E-state index is 12.6. The van der Waals surface area contributed by atoms with Crippen LogP contribution in [0.1, 0.15) is 12.5 Å². The van der Waals surface area contributed by atoms with Crippen LogP contribution >= 0.6 is 0 Å². The summed E-state index contributed by atoms with van der Waals surface area (Å²) in [5, 5.41) is 0. The number of aliphatic imine (C=N–C) groups is 1. The molecule has 3 heterocycles. The number of aryl methyl sites for hydroxylation is 2. The van der Waals surface area contributed by atoms with Crippen molar-refractivity contribution in [2.75, 3.05) is 5.75 Å². The summed E-state index contributed by atoms with van der Waals surface area (Å²) in [4.78, 5) is 17.2. The summed E-state index contributed by atoms with van der Waals surface area (Å²) in [5.41, 5.74) is 8.25. The van der Waals surface area contributed by atoms with Gasteiger partial charge in [-0.15, -0.1) is 0 Å². The van der Waals surface area contributed by atoms with Gasteiger partial charge in [-0.2, -0.15) is 0 Å². The average molecular weight is 358 g/mol. The van der Waals surface area contributed by atoms with Gasteiger partial charge in [-0.3, -0.25) is 0 Å². The highest BCUT2D eigenvalue weighted by atomic mass is 32.2. The lowest BCUT2D eigenvalue weighted by Gasteiger charge is -2.09. The Morgan fingerprint density at radius 3 is 2.72 bits per heavy atom. The van der Waals surface area contributed by atoms with Crippen LogP contribution in [-0.4, -0.2) is 40.0 Å². The minimum atomic E-state index is -3.53. The minimum Gasteiger partial charge on any atom is -0.390 e. The van der Waals surface area contributed by atoms with E-state index in [1.807, 2.05) is 13.0 Å². The van der Waals surface area contributed by atoms with E-state index in [0.29, 0.717) is 22.7 Å². The van der Waals surface area contributed by atoms with E-state index in [9.17, 15) is 8.42 Å². The van der Waals surface area contributed by atoms with Gasteiger partial charge in [0.25, 0.3) is 0 Å². The van der Waals surface area contributed by atoms with E-state index in [1.165, 1.54) is 12.3 Å². The van der Waals surface area contributed by atoms with Crippen LogP contribution in [0.2, 0.25) is 0 Å². The monoisotopic (exact) mass is 358 g/mol. The molecular formula is C16H18N6O2S. The third-order valence-corrected chi connectivity index (χ3v) is 5.58. The molecule has 0 atom stereocenters. The van der Waals surface area contributed by atoms with Crippen molar-refractivity contribution in [1.82, 2.24) is 19.5 Å². The predicted molar refractivity (Wildman–Crippen MR) is 96.5 cm³/mol. The molecule has 2 N–H and O–H groups in total. The molecule has 0 saturated carbocycles. The van der Waals surface area contributed by atoms with Crippen LogP contribution in [0.25, 0.3) is 22.7 Å². The molecule has 0 aromatic carbocycles. The Labute approximate surface area is 145 Å². The first-order valence-electron chi connectivity index (χ1n) is 7.64. The number of nitrogens with zero attached hydrogens (tertiary/aromatic N) is 5. The summed E-state index contributed by atoms with van der Waals surface area (Å²) >= 11 is 0. The van der Waals surface area contributed by atoms with Gasteiger partial charge in [-0.05, 0) is 24.6 Å². The molecule has 0 unspecified atom stereocenters. The third-order valence-electron chi connectivity index (χ3n) is 3.83. The van der Waals surface area contributed by atoms with Gasteiger partial charge in [0.2, 0.25) is 0 Å². The molecule has 0 aliphatic rings. The lowest BCUT2D eigenvalue weighted by molar-refractivity contribution is 0.597. The summed E-state index contributed by atoms with van der Waals surface area (Å²) in [6.45, 7) is 3.50. The number of hydrogen-bond acceptors (Lipinski definition) is 6. The Morgan fingerprint density at radius 1 is 1.28 bits per heavy atom. The standard InChI is InChI=1S/C16H18N6O2S/c1-4-25(23,24)13-6-11(20-9-17)8-18-14(13)16-21-12-5-10(2)7-19-15(12)22(16)3/h5-9H,4H2,1-3H3,(H2,17,20). The Hall–Kier alpha value is -2.81. The fourth-order valence-electron chi connectivity index (χ4n) is 2.54. The van der Waals surface area contributed by atoms with Gasteiger partial charge in [-0.1, -0.05) is 6.92 Å². The number of sulfone groups is 1. The molecule has 25 heavy (non-hydrogen) atoms. The number of nitrogens with two attached hydrogens (primary N) is 1. The smallest absolute Gasteiger partial charge is 0.180 e. The van der Waals surface area contributed by atoms with E-state index >= 15 is 0 Å². The van der Waals surface area contributed by atoms with E-state index in [4.69, 9.17) is 5.73 Å². The van der Waals surface area contributed by atoms with Crippen LogP contribution in [0.4, 0.5) is 5.69 Å². The van der Waals surface area contributed by atoms with Gasteiger partial charge < -0.3 is 10.3 Å². The summed E-state index contributed by atoms with van der Waals surface area (Å²) < 4.78 is 26.8. The summed E-state index contributed by atoms with van der Waals surface area (Å²) in [5.74, 6) is 0.377. The van der Waals surface area contributed by atoms with Crippen molar-refractivity contribution in [3.63, 3.8) is 0 Å². The van der Waals surface area contributed by atoms with E-state index in [2.05, 4.69) is 19.9 Å². The first-order valence-corrected chi connectivity index (χ1v) is 9.29. The maximum Gasteiger partial charge on any atom is 0.180 e. The Bertz CT molecular complexity index is 1090. The zero-order valence-corrected chi connectivity index (χ0v) is 14.9. The van der Waals surface area contributed by atoms with Gasteiger partial charge in [0.15, 0.2) is 21.3 Å².